The van der Waals surface area contributed by atoms with E-state index in [0.717, 1.165) is 34.9 Å². The van der Waals surface area contributed by atoms with Crippen LogP contribution in [0.25, 0.3) is 0 Å². The second-order valence-corrected chi connectivity index (χ2v) is 5.94. The van der Waals surface area contributed by atoms with E-state index in [0.29, 0.717) is 0 Å². The van der Waals surface area contributed by atoms with Gasteiger partial charge in [-0.1, -0.05) is 22.0 Å². The van der Waals surface area contributed by atoms with Gasteiger partial charge in [0.15, 0.2) is 0 Å². The molecule has 1 atom stereocenters. The first-order valence-corrected chi connectivity index (χ1v) is 6.96. The lowest BCUT2D eigenvalue weighted by Gasteiger charge is -2.36. The Morgan fingerprint density at radius 3 is 2.68 bits per heavy atom. The van der Waals surface area contributed by atoms with Crippen molar-refractivity contribution in [3.63, 3.8) is 0 Å². The van der Waals surface area contributed by atoms with E-state index in [1.54, 1.807) is 0 Å². The fourth-order valence-electron chi connectivity index (χ4n) is 2.40. The molecule has 0 amide bonds. The highest BCUT2D eigenvalue weighted by molar-refractivity contribution is 9.10. The number of nitrogens with zero attached hydrogens (tertiary/aromatic N) is 1. The van der Waals surface area contributed by atoms with Gasteiger partial charge in [0.25, 0.3) is 0 Å². The number of carbonyl (C=O) groups is 1. The van der Waals surface area contributed by atoms with Crippen molar-refractivity contribution in [1.82, 2.24) is 0 Å². The molecule has 0 heterocycles. The highest BCUT2D eigenvalue weighted by Gasteiger charge is 2.39. The van der Waals surface area contributed by atoms with Crippen molar-refractivity contribution >= 4 is 21.9 Å². The molecule has 1 aromatic rings. The Morgan fingerprint density at radius 1 is 1.53 bits per heavy atom. The molecule has 1 saturated carbocycles. The van der Waals surface area contributed by atoms with Crippen LogP contribution < -0.4 is 5.73 Å². The number of halogens is 1. The number of rotatable bonds is 4. The predicted molar refractivity (Wildman–Crippen MR) is 74.5 cm³/mol. The number of carboxylic acids is 1. The molecule has 0 bridgehead atoms. The number of nitrogens with two attached hydrogens (primary N) is 1. The van der Waals surface area contributed by atoms with Crippen LogP contribution in [-0.4, -0.2) is 11.1 Å². The van der Waals surface area contributed by atoms with Gasteiger partial charge in [0.05, 0.1) is 17.9 Å². The van der Waals surface area contributed by atoms with Crippen LogP contribution in [0.15, 0.2) is 22.7 Å². The Kier molecular flexibility index (Phi) is 3.93. The third kappa shape index (κ3) is 2.80. The van der Waals surface area contributed by atoms with Gasteiger partial charge in [0.2, 0.25) is 0 Å². The van der Waals surface area contributed by atoms with E-state index in [9.17, 15) is 10.1 Å². The predicted octanol–water partition coefficient (Wildman–Crippen LogP) is 2.87. The topological polar surface area (TPSA) is 87.1 Å². The fourth-order valence-corrected chi connectivity index (χ4v) is 2.91. The lowest BCUT2D eigenvalue weighted by Crippen LogP contribution is -2.32. The molecule has 2 rings (SSSR count). The summed E-state index contributed by atoms with van der Waals surface area (Å²) in [7, 11) is 0. The van der Waals surface area contributed by atoms with Crippen LogP contribution in [0.3, 0.4) is 0 Å². The third-order valence-electron chi connectivity index (χ3n) is 3.72. The highest BCUT2D eigenvalue weighted by atomic mass is 79.9. The molecular weight excluding hydrogens is 308 g/mol. The number of benzene rings is 1. The summed E-state index contributed by atoms with van der Waals surface area (Å²) in [6.45, 7) is 0. The molecule has 5 heteroatoms. The van der Waals surface area contributed by atoms with Crippen LogP contribution in [0.1, 0.15) is 42.9 Å². The molecule has 100 valence electrons. The van der Waals surface area contributed by atoms with Gasteiger partial charge in [-0.25, -0.2) is 0 Å². The molecule has 1 aromatic carbocycles. The smallest absolute Gasteiger partial charge is 0.305 e. The number of carboxylic acid groups (broad SMARTS) is 1. The molecule has 0 radical (unpaired) electrons. The fraction of sp³-hybridized carbons (Fsp3) is 0.429. The highest BCUT2D eigenvalue weighted by Crippen LogP contribution is 2.44. The van der Waals surface area contributed by atoms with E-state index >= 15 is 0 Å². The first-order valence-electron chi connectivity index (χ1n) is 6.16. The maximum Gasteiger partial charge on any atom is 0.305 e. The zero-order chi connectivity index (χ0) is 14.0. The summed E-state index contributed by atoms with van der Waals surface area (Å²) in [6, 6.07) is 7.46. The molecule has 1 fully saturated rings. The Labute approximate surface area is 120 Å². The minimum absolute atomic E-state index is 0.116. The van der Waals surface area contributed by atoms with Gasteiger partial charge in [0.1, 0.15) is 0 Å². The van der Waals surface area contributed by atoms with Gasteiger partial charge in [-0.15, -0.1) is 0 Å². The molecule has 1 aliphatic rings. The lowest BCUT2D eigenvalue weighted by molar-refractivity contribution is -0.137. The number of nitriles is 1. The maximum atomic E-state index is 10.7. The second-order valence-electron chi connectivity index (χ2n) is 5.03. The average molecular weight is 323 g/mol. The quantitative estimate of drug-likeness (QED) is 0.892. The van der Waals surface area contributed by atoms with Crippen molar-refractivity contribution in [1.29, 1.82) is 5.26 Å². The summed E-state index contributed by atoms with van der Waals surface area (Å²) in [6.07, 6.45) is 2.65. The summed E-state index contributed by atoms with van der Waals surface area (Å²) in [4.78, 5) is 10.7. The standard InChI is InChI=1S/C14H15BrN2O2/c15-11-5-9(12(17)7-13(18)19)4-10(6-11)14(8-16)2-1-3-14/h4-6,12H,1-3,7,17H2,(H,18,19)/t12-/m0/s1. The minimum Gasteiger partial charge on any atom is -0.481 e. The minimum atomic E-state index is -0.923. The van der Waals surface area contributed by atoms with E-state index in [4.69, 9.17) is 10.8 Å². The largest absolute Gasteiger partial charge is 0.481 e. The molecule has 19 heavy (non-hydrogen) atoms. The zero-order valence-corrected chi connectivity index (χ0v) is 12.0. The zero-order valence-electron chi connectivity index (χ0n) is 10.4. The first kappa shape index (κ1) is 14.0. The van der Waals surface area contributed by atoms with Gasteiger partial charge in [-0.2, -0.15) is 5.26 Å². The van der Waals surface area contributed by atoms with Crippen molar-refractivity contribution in [3.8, 4) is 6.07 Å². The van der Waals surface area contributed by atoms with Crippen molar-refractivity contribution < 1.29 is 9.90 Å². The van der Waals surface area contributed by atoms with E-state index in [-0.39, 0.29) is 6.42 Å². The Bertz CT molecular complexity index is 547. The van der Waals surface area contributed by atoms with Crippen LogP contribution in [-0.2, 0) is 10.2 Å². The van der Waals surface area contributed by atoms with Gasteiger partial charge in [0, 0.05) is 10.5 Å². The van der Waals surface area contributed by atoms with Crippen LogP contribution in [0.2, 0.25) is 0 Å². The van der Waals surface area contributed by atoms with Gasteiger partial charge < -0.3 is 10.8 Å². The molecule has 4 nitrogen and oxygen atoms in total. The van der Waals surface area contributed by atoms with E-state index in [1.807, 2.05) is 18.2 Å². The molecular formula is C14H15BrN2O2. The summed E-state index contributed by atoms with van der Waals surface area (Å²) in [5, 5.41) is 18.2. The SMILES string of the molecule is N#CC1(c2cc(Br)cc([C@@H](N)CC(=O)O)c2)CCC1. The van der Waals surface area contributed by atoms with Crippen molar-refractivity contribution in [2.24, 2.45) is 5.73 Å². The molecule has 3 N–H and O–H groups in total. The van der Waals surface area contributed by atoms with Crippen LogP contribution in [0, 0.1) is 11.3 Å². The molecule has 1 aliphatic carbocycles. The summed E-state index contributed by atoms with van der Waals surface area (Å²) in [5.41, 5.74) is 7.17. The Morgan fingerprint density at radius 2 is 2.21 bits per heavy atom. The van der Waals surface area contributed by atoms with Gasteiger partial charge >= 0.3 is 5.97 Å². The molecule has 0 saturated heterocycles. The number of hydrogen-bond donors (Lipinski definition) is 2. The van der Waals surface area contributed by atoms with E-state index in [1.165, 1.54) is 0 Å². The lowest BCUT2D eigenvalue weighted by atomic mass is 9.65. The maximum absolute atomic E-state index is 10.7. The molecule has 0 spiro atoms. The van der Waals surface area contributed by atoms with E-state index < -0.39 is 17.4 Å². The van der Waals surface area contributed by atoms with Crippen molar-refractivity contribution in [3.05, 3.63) is 33.8 Å². The third-order valence-corrected chi connectivity index (χ3v) is 4.17. The summed E-state index contributed by atoms with van der Waals surface area (Å²) < 4.78 is 0.836. The van der Waals surface area contributed by atoms with Gasteiger partial charge in [-0.3, -0.25) is 4.79 Å². The summed E-state index contributed by atoms with van der Waals surface area (Å²) >= 11 is 3.41. The molecule has 0 aliphatic heterocycles. The molecule has 0 aromatic heterocycles. The second kappa shape index (κ2) is 5.32. The summed E-state index contributed by atoms with van der Waals surface area (Å²) in [5.74, 6) is -0.923. The molecule has 0 unspecified atom stereocenters. The van der Waals surface area contributed by atoms with Crippen molar-refractivity contribution in [2.45, 2.75) is 37.1 Å². The van der Waals surface area contributed by atoms with Crippen LogP contribution in [0.5, 0.6) is 0 Å². The average Bonchev–Trinajstić information content (AvgIpc) is 2.26. The first-order chi connectivity index (χ1) is 8.97. The van der Waals surface area contributed by atoms with Crippen LogP contribution in [0.4, 0.5) is 0 Å². The van der Waals surface area contributed by atoms with E-state index in [2.05, 4.69) is 22.0 Å². The Hall–Kier alpha value is -1.38. The Balaban J connectivity index is 2.35. The number of aliphatic carboxylic acids is 1. The normalized spacial score (nSPS) is 18.2. The van der Waals surface area contributed by atoms with Crippen LogP contribution >= 0.6 is 15.9 Å². The monoisotopic (exact) mass is 322 g/mol. The number of hydrogen-bond acceptors (Lipinski definition) is 3. The van der Waals surface area contributed by atoms with Crippen molar-refractivity contribution in [2.75, 3.05) is 0 Å². The van der Waals surface area contributed by atoms with Gasteiger partial charge in [-0.05, 0) is 42.5 Å².